The smallest absolute Gasteiger partial charge is 0.337 e. The second-order valence-corrected chi connectivity index (χ2v) is 4.67. The lowest BCUT2D eigenvalue weighted by Gasteiger charge is -2.07. The fourth-order valence-corrected chi connectivity index (χ4v) is 2.01. The minimum atomic E-state index is -5.01. The van der Waals surface area contributed by atoms with Gasteiger partial charge in [-0.25, -0.2) is 14.4 Å². The van der Waals surface area contributed by atoms with Crippen LogP contribution in [0.5, 0.6) is 0 Å². The van der Waals surface area contributed by atoms with Gasteiger partial charge in [0.05, 0.1) is 16.7 Å². The summed E-state index contributed by atoms with van der Waals surface area (Å²) in [5, 5.41) is 26.2. The largest absolute Gasteiger partial charge is 0.478 e. The molecular formula is C9H6O9S. The Morgan fingerprint density at radius 1 is 0.789 bits per heavy atom. The molecule has 0 spiro atoms. The number of hydrogen-bond donors (Lipinski definition) is 4. The standard InChI is InChI=1S/C9H6O9S/c10-7(11)3-1-5(9(14)15)6(19(16,17)18)2-4(3)8(12)13/h1-2H,(H,10,11)(H,12,13)(H,14,15)(H,16,17,18). The van der Waals surface area contributed by atoms with Gasteiger partial charge in [0.1, 0.15) is 4.90 Å². The molecule has 102 valence electrons. The molecule has 0 saturated heterocycles. The van der Waals surface area contributed by atoms with Crippen molar-refractivity contribution < 1.29 is 42.7 Å². The van der Waals surface area contributed by atoms with E-state index in [4.69, 9.17) is 19.9 Å². The van der Waals surface area contributed by atoms with Crippen LogP contribution in [0, 0.1) is 0 Å². The van der Waals surface area contributed by atoms with Crippen molar-refractivity contribution in [1.29, 1.82) is 0 Å². The van der Waals surface area contributed by atoms with Crippen LogP contribution < -0.4 is 0 Å². The Kier molecular flexibility index (Phi) is 3.58. The lowest BCUT2D eigenvalue weighted by atomic mass is 10.0. The first-order valence-corrected chi connectivity index (χ1v) is 5.85. The Hall–Kier alpha value is -2.46. The highest BCUT2D eigenvalue weighted by Gasteiger charge is 2.27. The topological polar surface area (TPSA) is 166 Å². The van der Waals surface area contributed by atoms with E-state index in [1.165, 1.54) is 0 Å². The van der Waals surface area contributed by atoms with Crippen LogP contribution in [0.15, 0.2) is 17.0 Å². The van der Waals surface area contributed by atoms with E-state index in [0.29, 0.717) is 6.07 Å². The Labute approximate surface area is 105 Å². The number of carboxylic acids is 3. The average molecular weight is 290 g/mol. The summed E-state index contributed by atoms with van der Waals surface area (Å²) in [6.45, 7) is 0. The molecule has 10 heteroatoms. The third-order valence-electron chi connectivity index (χ3n) is 2.09. The molecule has 0 saturated carbocycles. The van der Waals surface area contributed by atoms with Crippen molar-refractivity contribution >= 4 is 28.0 Å². The van der Waals surface area contributed by atoms with Crippen LogP contribution in [0.4, 0.5) is 0 Å². The molecule has 1 rings (SSSR count). The maximum Gasteiger partial charge on any atom is 0.337 e. The van der Waals surface area contributed by atoms with Gasteiger partial charge >= 0.3 is 17.9 Å². The second kappa shape index (κ2) is 4.66. The van der Waals surface area contributed by atoms with Gasteiger partial charge in [-0.2, -0.15) is 8.42 Å². The third-order valence-corrected chi connectivity index (χ3v) is 2.98. The van der Waals surface area contributed by atoms with Gasteiger partial charge in [0.25, 0.3) is 10.1 Å². The Morgan fingerprint density at radius 2 is 1.16 bits per heavy atom. The van der Waals surface area contributed by atoms with Crippen LogP contribution in [-0.4, -0.2) is 46.2 Å². The molecule has 0 heterocycles. The zero-order chi connectivity index (χ0) is 15.0. The monoisotopic (exact) mass is 290 g/mol. The maximum atomic E-state index is 11.0. The van der Waals surface area contributed by atoms with Crippen molar-refractivity contribution in [2.24, 2.45) is 0 Å². The molecule has 1 aromatic carbocycles. The van der Waals surface area contributed by atoms with Gasteiger partial charge in [0, 0.05) is 0 Å². The highest BCUT2D eigenvalue weighted by molar-refractivity contribution is 7.86. The van der Waals surface area contributed by atoms with Crippen molar-refractivity contribution in [2.45, 2.75) is 4.90 Å². The summed E-state index contributed by atoms with van der Waals surface area (Å²) >= 11 is 0. The summed E-state index contributed by atoms with van der Waals surface area (Å²) in [7, 11) is -5.01. The van der Waals surface area contributed by atoms with Crippen molar-refractivity contribution in [2.75, 3.05) is 0 Å². The summed E-state index contributed by atoms with van der Waals surface area (Å²) in [5.41, 5.74) is -2.90. The molecule has 0 atom stereocenters. The van der Waals surface area contributed by atoms with E-state index in [1.54, 1.807) is 0 Å². The average Bonchev–Trinajstić information content (AvgIpc) is 2.25. The predicted molar refractivity (Wildman–Crippen MR) is 57.1 cm³/mol. The SMILES string of the molecule is O=C(O)c1cc(C(=O)O)c(S(=O)(=O)O)cc1C(=O)O. The minimum Gasteiger partial charge on any atom is -0.478 e. The fourth-order valence-electron chi connectivity index (χ4n) is 1.31. The Bertz CT molecular complexity index is 686. The molecule has 9 nitrogen and oxygen atoms in total. The van der Waals surface area contributed by atoms with Gasteiger partial charge in [0.15, 0.2) is 0 Å². The van der Waals surface area contributed by atoms with Gasteiger partial charge in [-0.05, 0) is 12.1 Å². The van der Waals surface area contributed by atoms with Crippen LogP contribution in [0.2, 0.25) is 0 Å². The van der Waals surface area contributed by atoms with Gasteiger partial charge in [-0.1, -0.05) is 0 Å². The van der Waals surface area contributed by atoms with E-state index in [-0.39, 0.29) is 6.07 Å². The summed E-state index contributed by atoms with van der Waals surface area (Å²) in [4.78, 5) is 31.2. The number of rotatable bonds is 4. The van der Waals surface area contributed by atoms with E-state index < -0.39 is 49.6 Å². The maximum absolute atomic E-state index is 11.0. The van der Waals surface area contributed by atoms with E-state index in [0.717, 1.165) is 0 Å². The normalized spacial score (nSPS) is 11.0. The molecule has 4 N–H and O–H groups in total. The van der Waals surface area contributed by atoms with Crippen molar-refractivity contribution in [3.8, 4) is 0 Å². The van der Waals surface area contributed by atoms with E-state index in [1.807, 2.05) is 0 Å². The molecule has 1 aromatic rings. The van der Waals surface area contributed by atoms with E-state index in [2.05, 4.69) is 0 Å². The minimum absolute atomic E-state index is 0.282. The quantitative estimate of drug-likeness (QED) is 0.559. The van der Waals surface area contributed by atoms with Crippen molar-refractivity contribution in [3.05, 3.63) is 28.8 Å². The molecule has 0 aromatic heterocycles. The first kappa shape index (κ1) is 14.6. The lowest BCUT2D eigenvalue weighted by molar-refractivity contribution is 0.0648. The van der Waals surface area contributed by atoms with Crippen LogP contribution in [0.25, 0.3) is 0 Å². The second-order valence-electron chi connectivity index (χ2n) is 3.28. The van der Waals surface area contributed by atoms with E-state index >= 15 is 0 Å². The molecule has 0 radical (unpaired) electrons. The molecule has 0 bridgehead atoms. The molecule has 0 unspecified atom stereocenters. The zero-order valence-electron chi connectivity index (χ0n) is 8.89. The van der Waals surface area contributed by atoms with Crippen LogP contribution >= 0.6 is 0 Å². The Morgan fingerprint density at radius 3 is 1.47 bits per heavy atom. The van der Waals surface area contributed by atoms with Crippen LogP contribution in [0.3, 0.4) is 0 Å². The van der Waals surface area contributed by atoms with Crippen LogP contribution in [0.1, 0.15) is 31.1 Å². The lowest BCUT2D eigenvalue weighted by Crippen LogP contribution is -2.15. The van der Waals surface area contributed by atoms with Gasteiger partial charge in [-0.15, -0.1) is 0 Å². The molecule has 0 fully saturated rings. The first-order chi connectivity index (χ1) is 8.55. The summed E-state index contributed by atoms with van der Waals surface area (Å²) in [6, 6.07) is 0.641. The summed E-state index contributed by atoms with van der Waals surface area (Å²) in [6.07, 6.45) is 0. The van der Waals surface area contributed by atoms with Gasteiger partial charge in [-0.3, -0.25) is 4.55 Å². The number of benzene rings is 1. The number of hydrogen-bond acceptors (Lipinski definition) is 5. The first-order valence-electron chi connectivity index (χ1n) is 4.41. The fraction of sp³-hybridized carbons (Fsp3) is 0. The summed E-state index contributed by atoms with van der Waals surface area (Å²) < 4.78 is 30.8. The van der Waals surface area contributed by atoms with Gasteiger partial charge in [0.2, 0.25) is 0 Å². The predicted octanol–water partition coefficient (Wildman–Crippen LogP) is 0.0279. The highest BCUT2D eigenvalue weighted by Crippen LogP contribution is 2.22. The number of carbonyl (C=O) groups is 3. The van der Waals surface area contributed by atoms with Crippen LogP contribution in [-0.2, 0) is 10.1 Å². The third kappa shape index (κ3) is 2.86. The highest BCUT2D eigenvalue weighted by atomic mass is 32.2. The number of aromatic carboxylic acids is 3. The summed E-state index contributed by atoms with van der Waals surface area (Å²) in [5.74, 6) is -5.35. The van der Waals surface area contributed by atoms with Crippen molar-refractivity contribution in [3.63, 3.8) is 0 Å². The molecule has 0 amide bonds. The molecular weight excluding hydrogens is 284 g/mol. The Balaban J connectivity index is 3.86. The van der Waals surface area contributed by atoms with E-state index in [9.17, 15) is 22.8 Å². The number of carboxylic acid groups (broad SMARTS) is 3. The molecule has 0 aliphatic carbocycles. The molecule has 0 aliphatic rings. The molecule has 19 heavy (non-hydrogen) atoms. The zero-order valence-corrected chi connectivity index (χ0v) is 9.71. The van der Waals surface area contributed by atoms with Crippen molar-refractivity contribution in [1.82, 2.24) is 0 Å². The molecule has 0 aliphatic heterocycles. The van der Waals surface area contributed by atoms with Gasteiger partial charge < -0.3 is 15.3 Å².